The molecule has 0 radical (unpaired) electrons. The van der Waals surface area contributed by atoms with Gasteiger partial charge in [0.25, 0.3) is 5.91 Å². The molecular weight excluding hydrogens is 623 g/mol. The fourth-order valence-corrected chi connectivity index (χ4v) is 2.91. The van der Waals surface area contributed by atoms with Crippen LogP contribution in [0.2, 0.25) is 0 Å². The highest BCUT2D eigenvalue weighted by Gasteiger charge is 2.80. The summed E-state index contributed by atoms with van der Waals surface area (Å²) in [7, 11) is 0. The first kappa shape index (κ1) is 34.3. The number of halogens is 13. The molecule has 0 fully saturated rings. The van der Waals surface area contributed by atoms with Crippen molar-refractivity contribution in [1.29, 1.82) is 0 Å². The summed E-state index contributed by atoms with van der Waals surface area (Å²) in [6.45, 7) is 1.46. The number of carbonyl (C=O) groups excluding carboxylic acids is 1. The van der Waals surface area contributed by atoms with Crippen molar-refractivity contribution in [1.82, 2.24) is 0 Å². The van der Waals surface area contributed by atoms with Crippen LogP contribution in [0.4, 0.5) is 68.5 Å². The summed E-state index contributed by atoms with van der Waals surface area (Å²) in [6, 6.07) is 3.90. The number of nitro benzene ring substituents is 1. The van der Waals surface area contributed by atoms with Gasteiger partial charge in [0.2, 0.25) is 0 Å². The molecule has 2 aromatic carbocycles. The molecule has 0 heterocycles. The highest BCUT2D eigenvalue weighted by Crippen LogP contribution is 2.54. The Labute approximate surface area is 224 Å². The lowest BCUT2D eigenvalue weighted by Gasteiger charge is -2.35. The van der Waals surface area contributed by atoms with E-state index >= 15 is 0 Å². The SMILES string of the molecule is CCOc1ccc(C(=O)Nc2cccc(C(F)(F)C(F)(F)OC(F)(F)C(F)(F)C(F)(F)OC(F)(F)F)c2)cc1[N+](=O)[O-]. The smallest absolute Gasteiger partial charge is 0.487 e. The number of carbonyl (C=O) groups is 1. The molecule has 0 saturated heterocycles. The molecule has 0 saturated carbocycles. The van der Waals surface area contributed by atoms with E-state index in [9.17, 15) is 72.0 Å². The first-order valence-corrected chi connectivity index (χ1v) is 10.6. The van der Waals surface area contributed by atoms with Gasteiger partial charge in [0.15, 0.2) is 5.75 Å². The number of amides is 1. The van der Waals surface area contributed by atoms with Crippen LogP contribution in [0, 0.1) is 10.1 Å². The second-order valence-electron chi connectivity index (χ2n) is 7.76. The average Bonchev–Trinajstić information content (AvgIpc) is 2.82. The molecule has 0 spiro atoms. The molecule has 42 heavy (non-hydrogen) atoms. The van der Waals surface area contributed by atoms with Crippen molar-refractivity contribution in [2.24, 2.45) is 0 Å². The third-order valence-corrected chi connectivity index (χ3v) is 4.80. The Morgan fingerprint density at radius 2 is 1.40 bits per heavy atom. The molecule has 2 rings (SSSR count). The van der Waals surface area contributed by atoms with E-state index in [0.29, 0.717) is 12.1 Å². The molecular formula is C21H13F13N2O6. The molecule has 0 aliphatic carbocycles. The van der Waals surface area contributed by atoms with Crippen molar-refractivity contribution in [3.63, 3.8) is 0 Å². The normalized spacial score (nSPS) is 13.6. The minimum Gasteiger partial charge on any atom is -0.487 e. The van der Waals surface area contributed by atoms with Gasteiger partial charge in [0.05, 0.1) is 11.5 Å². The number of hydrogen-bond acceptors (Lipinski definition) is 6. The van der Waals surface area contributed by atoms with E-state index in [4.69, 9.17) is 4.74 Å². The van der Waals surface area contributed by atoms with Gasteiger partial charge in [-0.25, -0.2) is 9.47 Å². The number of rotatable bonds is 12. The van der Waals surface area contributed by atoms with Gasteiger partial charge in [0.1, 0.15) is 0 Å². The minimum atomic E-state index is -7.58. The lowest BCUT2D eigenvalue weighted by atomic mass is 10.1. The van der Waals surface area contributed by atoms with E-state index in [0.717, 1.165) is 18.2 Å². The van der Waals surface area contributed by atoms with Crippen LogP contribution in [0.3, 0.4) is 0 Å². The van der Waals surface area contributed by atoms with Crippen LogP contribution in [-0.4, -0.2) is 48.0 Å². The molecule has 1 amide bonds. The molecule has 8 nitrogen and oxygen atoms in total. The zero-order chi connectivity index (χ0) is 32.5. The predicted molar refractivity (Wildman–Crippen MR) is 111 cm³/mol. The van der Waals surface area contributed by atoms with E-state index in [1.165, 1.54) is 11.7 Å². The third-order valence-electron chi connectivity index (χ3n) is 4.80. The lowest BCUT2D eigenvalue weighted by molar-refractivity contribution is -0.535. The van der Waals surface area contributed by atoms with Gasteiger partial charge in [-0.05, 0) is 31.2 Å². The first-order chi connectivity index (χ1) is 18.9. The average molecular weight is 636 g/mol. The fraction of sp³-hybridized carbons (Fsp3) is 0.381. The van der Waals surface area contributed by atoms with Crippen molar-refractivity contribution >= 4 is 17.3 Å². The summed E-state index contributed by atoms with van der Waals surface area (Å²) in [5.74, 6) is -15.2. The van der Waals surface area contributed by atoms with E-state index in [2.05, 4.69) is 0 Å². The predicted octanol–water partition coefficient (Wildman–Crippen LogP) is 7.30. The highest BCUT2D eigenvalue weighted by molar-refractivity contribution is 6.04. The topological polar surface area (TPSA) is 99.9 Å². The summed E-state index contributed by atoms with van der Waals surface area (Å²) < 4.78 is 181. The van der Waals surface area contributed by atoms with Crippen LogP contribution >= 0.6 is 0 Å². The van der Waals surface area contributed by atoms with Crippen molar-refractivity contribution < 1.29 is 81.0 Å². The number of nitrogens with zero attached hydrogens (tertiary/aromatic N) is 1. The molecule has 0 aromatic heterocycles. The number of ether oxygens (including phenoxy) is 3. The van der Waals surface area contributed by atoms with Gasteiger partial charge < -0.3 is 10.1 Å². The largest absolute Gasteiger partial charge is 0.527 e. The number of alkyl halides is 13. The molecule has 1 N–H and O–H groups in total. The molecule has 0 atom stereocenters. The van der Waals surface area contributed by atoms with Crippen molar-refractivity contribution in [3.8, 4) is 5.75 Å². The van der Waals surface area contributed by atoms with Crippen LogP contribution in [0.15, 0.2) is 42.5 Å². The Bertz CT molecular complexity index is 1320. The fourth-order valence-electron chi connectivity index (χ4n) is 2.91. The van der Waals surface area contributed by atoms with E-state index in [1.807, 2.05) is 10.1 Å². The molecule has 0 bridgehead atoms. The minimum absolute atomic E-state index is 0.0188. The van der Waals surface area contributed by atoms with Crippen molar-refractivity contribution in [3.05, 3.63) is 63.7 Å². The quantitative estimate of drug-likeness (QED) is 0.149. The summed E-state index contributed by atoms with van der Waals surface area (Å²) in [5.41, 5.74) is -4.09. The Hall–Kier alpha value is -3.88. The second kappa shape index (κ2) is 11.4. The van der Waals surface area contributed by atoms with E-state index in [-0.39, 0.29) is 24.5 Å². The Kier molecular flexibility index (Phi) is 9.33. The summed E-state index contributed by atoms with van der Waals surface area (Å²) in [4.78, 5) is 22.7. The molecule has 21 heteroatoms. The maximum absolute atomic E-state index is 14.5. The van der Waals surface area contributed by atoms with Gasteiger partial charge in [0, 0.05) is 22.9 Å². The zero-order valence-electron chi connectivity index (χ0n) is 20.1. The van der Waals surface area contributed by atoms with Crippen LogP contribution < -0.4 is 10.1 Å². The Morgan fingerprint density at radius 1 is 0.833 bits per heavy atom. The van der Waals surface area contributed by atoms with Gasteiger partial charge in [-0.1, -0.05) is 12.1 Å². The molecule has 0 aliphatic rings. The summed E-state index contributed by atoms with van der Waals surface area (Å²) in [6.07, 6.45) is -28.2. The monoisotopic (exact) mass is 636 g/mol. The third kappa shape index (κ3) is 7.12. The number of nitro groups is 1. The van der Waals surface area contributed by atoms with Crippen LogP contribution in [-0.2, 0) is 15.4 Å². The maximum atomic E-state index is 14.5. The molecule has 0 aliphatic heterocycles. The number of anilines is 1. The zero-order valence-corrected chi connectivity index (χ0v) is 20.1. The first-order valence-electron chi connectivity index (χ1n) is 10.6. The molecule has 0 unspecified atom stereocenters. The van der Waals surface area contributed by atoms with Crippen molar-refractivity contribution in [2.45, 2.75) is 43.5 Å². The number of hydrogen-bond donors (Lipinski definition) is 1. The van der Waals surface area contributed by atoms with Crippen LogP contribution in [0.1, 0.15) is 22.8 Å². The molecule has 2 aromatic rings. The standard InChI is InChI=1S/C21H13F13N2O6/c1-2-40-14-7-6-10(8-13(14)36(38)39)15(37)35-12-5-3-4-11(9-12)16(22,23)18(26,27)41-19(28,29)17(24,25)20(30,31)42-21(32,33)34/h3-9H,2H2,1H3,(H,35,37). The lowest BCUT2D eigenvalue weighted by Crippen LogP contribution is -2.61. The summed E-state index contributed by atoms with van der Waals surface area (Å²) >= 11 is 0. The second-order valence-corrected chi connectivity index (χ2v) is 7.76. The van der Waals surface area contributed by atoms with E-state index < -0.39 is 69.9 Å². The van der Waals surface area contributed by atoms with Gasteiger partial charge >= 0.3 is 42.2 Å². The van der Waals surface area contributed by atoms with Crippen molar-refractivity contribution in [2.75, 3.05) is 11.9 Å². The van der Waals surface area contributed by atoms with Crippen LogP contribution in [0.25, 0.3) is 0 Å². The number of benzene rings is 2. The number of nitrogens with one attached hydrogen (secondary N) is 1. The van der Waals surface area contributed by atoms with Crippen LogP contribution in [0.5, 0.6) is 5.75 Å². The molecule has 234 valence electrons. The van der Waals surface area contributed by atoms with Gasteiger partial charge in [-0.3, -0.25) is 14.9 Å². The Balaban J connectivity index is 2.36. The highest BCUT2D eigenvalue weighted by atomic mass is 19.4. The summed E-state index contributed by atoms with van der Waals surface area (Å²) in [5, 5.41) is 13.0. The Morgan fingerprint density at radius 3 is 1.93 bits per heavy atom. The van der Waals surface area contributed by atoms with E-state index in [1.54, 1.807) is 0 Å². The maximum Gasteiger partial charge on any atom is 0.527 e. The van der Waals surface area contributed by atoms with Gasteiger partial charge in [-0.2, -0.15) is 43.9 Å². The van der Waals surface area contributed by atoms with Gasteiger partial charge in [-0.15, -0.1) is 13.2 Å².